The van der Waals surface area contributed by atoms with Crippen LogP contribution in [0, 0.1) is 0 Å². The van der Waals surface area contributed by atoms with Gasteiger partial charge in [0.1, 0.15) is 0 Å². The molecular weight excluding hydrogens is 323 g/mol. The van der Waals surface area contributed by atoms with E-state index in [-0.39, 0.29) is 31.0 Å². The molecular formula is C12H21N2NaO8. The van der Waals surface area contributed by atoms with Crippen LogP contribution in [0.15, 0.2) is 24.5 Å². The van der Waals surface area contributed by atoms with Crippen molar-refractivity contribution < 1.29 is 70.6 Å². The van der Waals surface area contributed by atoms with Gasteiger partial charge in [0.15, 0.2) is 0 Å². The summed E-state index contributed by atoms with van der Waals surface area (Å²) in [5.74, 6) is -3.33. The summed E-state index contributed by atoms with van der Waals surface area (Å²) in [7, 11) is 0. The van der Waals surface area contributed by atoms with E-state index in [2.05, 4.69) is 10.2 Å². The third-order valence-electron chi connectivity index (χ3n) is 0.483. The molecule has 1 heterocycles. The van der Waals surface area contributed by atoms with Gasteiger partial charge in [0.2, 0.25) is 0 Å². The molecule has 0 spiro atoms. The molecule has 0 aliphatic heterocycles. The Morgan fingerprint density at radius 1 is 0.652 bits per heavy atom. The molecule has 0 amide bonds. The number of aliphatic carboxylic acids is 4. The Kier molecular flexibility index (Phi) is 40.2. The van der Waals surface area contributed by atoms with Crippen LogP contribution in [-0.4, -0.2) is 54.5 Å². The summed E-state index contributed by atoms with van der Waals surface area (Å²) in [5, 5.41) is 36.7. The smallest absolute Gasteiger partial charge is 1.00 e. The number of nitrogens with zero attached hydrogens (tertiary/aromatic N) is 2. The predicted molar refractivity (Wildman–Crippen MR) is 76.4 cm³/mol. The van der Waals surface area contributed by atoms with Gasteiger partial charge in [-0.25, -0.2) is 0 Å². The van der Waals surface area contributed by atoms with Crippen LogP contribution in [0.4, 0.5) is 0 Å². The van der Waals surface area contributed by atoms with Crippen molar-refractivity contribution in [1.82, 2.24) is 10.2 Å². The van der Waals surface area contributed by atoms with Crippen molar-refractivity contribution in [2.75, 3.05) is 0 Å². The summed E-state index contributed by atoms with van der Waals surface area (Å²) < 4.78 is 0. The first-order valence-corrected chi connectivity index (χ1v) is 5.43. The molecule has 1 aromatic heterocycles. The van der Waals surface area contributed by atoms with Crippen molar-refractivity contribution in [2.45, 2.75) is 27.7 Å². The Morgan fingerprint density at radius 2 is 0.783 bits per heavy atom. The Bertz CT molecular complexity index is 330. The average molecular weight is 344 g/mol. The number of carbonyl (C=O) groups is 4. The minimum absolute atomic E-state index is 0. The van der Waals surface area contributed by atoms with Gasteiger partial charge in [-0.05, 0) is 12.1 Å². The summed E-state index contributed by atoms with van der Waals surface area (Å²) in [6.07, 6.45) is 3.28. The second-order valence-electron chi connectivity index (χ2n) is 2.99. The Hall–Kier alpha value is -2.04. The van der Waals surface area contributed by atoms with Gasteiger partial charge in [-0.2, -0.15) is 10.2 Å². The first kappa shape index (κ1) is 32.8. The molecule has 0 bridgehead atoms. The van der Waals surface area contributed by atoms with E-state index in [0.717, 1.165) is 27.7 Å². The maximum absolute atomic E-state index is 9.00. The van der Waals surface area contributed by atoms with Crippen molar-refractivity contribution >= 4 is 23.9 Å². The molecule has 0 aromatic carbocycles. The van der Waals surface area contributed by atoms with Crippen LogP contribution in [0.3, 0.4) is 0 Å². The zero-order valence-corrected chi connectivity index (χ0v) is 15.6. The van der Waals surface area contributed by atoms with Crippen molar-refractivity contribution in [2.24, 2.45) is 0 Å². The molecule has 0 unspecified atom stereocenters. The summed E-state index contributed by atoms with van der Waals surface area (Å²) in [6, 6.07) is 3.65. The van der Waals surface area contributed by atoms with Gasteiger partial charge in [0, 0.05) is 40.1 Å². The van der Waals surface area contributed by atoms with E-state index >= 15 is 0 Å². The third kappa shape index (κ3) is 411. The van der Waals surface area contributed by atoms with E-state index < -0.39 is 23.9 Å². The first-order valence-electron chi connectivity index (χ1n) is 5.43. The van der Waals surface area contributed by atoms with E-state index in [1.165, 1.54) is 0 Å². The average Bonchev–Trinajstić information content (AvgIpc) is 2.28. The van der Waals surface area contributed by atoms with Crippen molar-refractivity contribution in [3.8, 4) is 0 Å². The van der Waals surface area contributed by atoms with Gasteiger partial charge in [0.25, 0.3) is 23.9 Å². The largest absolute Gasteiger partial charge is 1.00 e. The standard InChI is InChI=1S/C4H4N2.4C2H4O2.Na.H/c1-2-4-6-5-3-1;4*1-2(3)4;;/h1-4H;4*1H3,(H,3,4);;/q;;;;;+1;-1. The van der Waals surface area contributed by atoms with Gasteiger partial charge in [-0.3, -0.25) is 19.2 Å². The van der Waals surface area contributed by atoms with Gasteiger partial charge < -0.3 is 21.9 Å². The van der Waals surface area contributed by atoms with Crippen molar-refractivity contribution in [3.63, 3.8) is 0 Å². The maximum Gasteiger partial charge on any atom is 1.00 e. The second kappa shape index (κ2) is 28.2. The number of aromatic nitrogens is 2. The van der Waals surface area contributed by atoms with Crippen LogP contribution in [0.2, 0.25) is 0 Å². The van der Waals surface area contributed by atoms with Crippen molar-refractivity contribution in [1.29, 1.82) is 0 Å². The van der Waals surface area contributed by atoms with Gasteiger partial charge in [0.05, 0.1) is 0 Å². The fourth-order valence-electron chi connectivity index (χ4n) is 0.253. The minimum Gasteiger partial charge on any atom is -1.00 e. The van der Waals surface area contributed by atoms with E-state index in [9.17, 15) is 0 Å². The summed E-state index contributed by atoms with van der Waals surface area (Å²) in [6.45, 7) is 4.33. The van der Waals surface area contributed by atoms with E-state index in [1.807, 2.05) is 12.1 Å². The molecule has 128 valence electrons. The zero-order chi connectivity index (χ0) is 18.6. The van der Waals surface area contributed by atoms with Crippen molar-refractivity contribution in [3.05, 3.63) is 24.5 Å². The molecule has 0 radical (unpaired) electrons. The normalized spacial score (nSPS) is 6.43. The molecule has 4 N–H and O–H groups in total. The maximum atomic E-state index is 9.00. The zero-order valence-electron chi connectivity index (χ0n) is 14.6. The summed E-state index contributed by atoms with van der Waals surface area (Å²) in [4.78, 5) is 36.0. The molecule has 0 aliphatic carbocycles. The van der Waals surface area contributed by atoms with Crippen LogP contribution >= 0.6 is 0 Å². The number of carboxylic acids is 4. The molecule has 0 fully saturated rings. The molecule has 11 heteroatoms. The first-order chi connectivity index (χ1) is 9.93. The van der Waals surface area contributed by atoms with E-state index in [0.29, 0.717) is 0 Å². The predicted octanol–water partition coefficient (Wildman–Crippen LogP) is -2.04. The Morgan fingerprint density at radius 3 is 0.826 bits per heavy atom. The fourth-order valence-corrected chi connectivity index (χ4v) is 0.253. The number of hydrogen-bond acceptors (Lipinski definition) is 6. The molecule has 10 nitrogen and oxygen atoms in total. The summed E-state index contributed by atoms with van der Waals surface area (Å²) >= 11 is 0. The molecule has 0 atom stereocenters. The van der Waals surface area contributed by atoms with Gasteiger partial charge in [-0.15, -0.1) is 0 Å². The SMILES string of the molecule is CC(=O)O.CC(=O)O.CC(=O)O.CC(=O)O.[H-].[Na+].c1ccnnc1. The molecule has 23 heavy (non-hydrogen) atoms. The van der Waals surface area contributed by atoms with Crippen LogP contribution < -0.4 is 29.6 Å². The molecule has 0 aliphatic rings. The molecule has 0 saturated heterocycles. The number of carboxylic acid groups (broad SMARTS) is 4. The van der Waals surface area contributed by atoms with Crippen LogP contribution in [0.25, 0.3) is 0 Å². The topological polar surface area (TPSA) is 175 Å². The van der Waals surface area contributed by atoms with Gasteiger partial charge >= 0.3 is 29.6 Å². The quantitative estimate of drug-likeness (QED) is 0.383. The van der Waals surface area contributed by atoms with Gasteiger partial charge in [-0.1, -0.05) is 0 Å². The summed E-state index contributed by atoms with van der Waals surface area (Å²) in [5.41, 5.74) is 0. The van der Waals surface area contributed by atoms with E-state index in [4.69, 9.17) is 39.6 Å². The van der Waals surface area contributed by atoms with Crippen LogP contribution in [-0.2, 0) is 19.2 Å². The third-order valence-corrected chi connectivity index (χ3v) is 0.483. The Labute approximate surface area is 157 Å². The number of hydrogen-bond donors (Lipinski definition) is 4. The molecule has 0 saturated carbocycles. The van der Waals surface area contributed by atoms with E-state index in [1.54, 1.807) is 12.4 Å². The van der Waals surface area contributed by atoms with Crippen LogP contribution in [0.5, 0.6) is 0 Å². The second-order valence-corrected chi connectivity index (χ2v) is 2.99. The number of rotatable bonds is 0. The van der Waals surface area contributed by atoms with Crippen LogP contribution in [0.1, 0.15) is 29.1 Å². The minimum atomic E-state index is -0.833. The molecule has 1 aromatic rings. The molecule has 1 rings (SSSR count). The fraction of sp³-hybridized carbons (Fsp3) is 0.333. The monoisotopic (exact) mass is 344 g/mol. The Balaban J connectivity index is -0.0000000420.